The van der Waals surface area contributed by atoms with E-state index in [2.05, 4.69) is 43.7 Å². The van der Waals surface area contributed by atoms with Crippen LogP contribution in [-0.4, -0.2) is 8.07 Å². The third-order valence-corrected chi connectivity index (χ3v) is 3.25. The van der Waals surface area contributed by atoms with Gasteiger partial charge in [-0.05, 0) is 12.1 Å². The number of rotatable bonds is 0. The van der Waals surface area contributed by atoms with Gasteiger partial charge in [0.05, 0.1) is 9.09 Å². The molecule has 0 amide bonds. The Hall–Kier alpha value is -0.173. The molecule has 64 valence electrons. The highest BCUT2D eigenvalue weighted by Crippen LogP contribution is 2.18. The Labute approximate surface area is 84.4 Å². The maximum Gasteiger partial charge on any atom is 0.129 e. The second kappa shape index (κ2) is 3.69. The number of hydrogen-bond acceptors (Lipinski definition) is 2. The van der Waals surface area contributed by atoms with Crippen molar-refractivity contribution in [3.63, 3.8) is 0 Å². The van der Waals surface area contributed by atoms with E-state index in [1.165, 1.54) is 0 Å². The maximum atomic E-state index is 4.23. The smallest absolute Gasteiger partial charge is 0.129 e. The van der Waals surface area contributed by atoms with Gasteiger partial charge in [-0.25, -0.2) is 0 Å². The normalized spacial score (nSPS) is 10.7. The molecule has 0 spiro atoms. The summed E-state index contributed by atoms with van der Waals surface area (Å²) in [5, 5.41) is 0. The van der Waals surface area contributed by atoms with Crippen molar-refractivity contribution in [1.82, 2.24) is 0 Å². The van der Waals surface area contributed by atoms with Crippen LogP contribution in [0.5, 0.6) is 0 Å². The van der Waals surface area contributed by atoms with Crippen LogP contribution < -0.4 is 0 Å². The summed E-state index contributed by atoms with van der Waals surface area (Å²) in [6.07, 6.45) is 0. The van der Waals surface area contributed by atoms with Gasteiger partial charge in [0, 0.05) is 0 Å². The first-order chi connectivity index (χ1) is 5.47. The largest absolute Gasteiger partial charge is 0.133 e. The first-order valence-corrected chi connectivity index (χ1v) is 8.56. The molecule has 0 aromatic carbocycles. The average Bonchev–Trinajstić information content (AvgIpc) is 2.30. The van der Waals surface area contributed by atoms with Crippen molar-refractivity contribution < 1.29 is 0 Å². The number of thiol groups is 1. The van der Waals surface area contributed by atoms with Crippen LogP contribution in [0.2, 0.25) is 19.6 Å². The second-order valence-corrected chi connectivity index (χ2v) is 10.3. The molecule has 12 heavy (non-hydrogen) atoms. The predicted octanol–water partition coefficient (Wildman–Crippen LogP) is 3.27. The zero-order valence-corrected chi connectivity index (χ0v) is 10.2. The monoisotopic (exact) mass is 212 g/mol. The standard InChI is InChI=1S/C9H12S2Si/c1-12(2,3)7-6-8-4-5-9(10)11-8/h4-5,10H,1-3H3. The quantitative estimate of drug-likeness (QED) is 0.381. The summed E-state index contributed by atoms with van der Waals surface area (Å²) in [6, 6.07) is 4.02. The Morgan fingerprint density at radius 2 is 2.00 bits per heavy atom. The second-order valence-electron chi connectivity index (χ2n) is 3.64. The van der Waals surface area contributed by atoms with Crippen LogP contribution in [0.25, 0.3) is 0 Å². The molecule has 0 unspecified atom stereocenters. The van der Waals surface area contributed by atoms with Gasteiger partial charge in [0.15, 0.2) is 0 Å². The van der Waals surface area contributed by atoms with Crippen LogP contribution in [0.3, 0.4) is 0 Å². The van der Waals surface area contributed by atoms with Crippen molar-refractivity contribution in [1.29, 1.82) is 0 Å². The summed E-state index contributed by atoms with van der Waals surface area (Å²) in [7, 11) is -1.21. The van der Waals surface area contributed by atoms with Crippen LogP contribution in [0, 0.1) is 11.5 Å². The van der Waals surface area contributed by atoms with Crippen molar-refractivity contribution in [2.24, 2.45) is 0 Å². The molecular formula is C9H12S2Si. The van der Waals surface area contributed by atoms with Gasteiger partial charge in [-0.3, -0.25) is 0 Å². The van der Waals surface area contributed by atoms with Crippen molar-refractivity contribution in [2.75, 3.05) is 0 Å². The molecule has 0 saturated carbocycles. The molecule has 0 saturated heterocycles. The Balaban J connectivity index is 2.80. The van der Waals surface area contributed by atoms with E-state index in [1.54, 1.807) is 11.3 Å². The number of hydrogen-bond donors (Lipinski definition) is 1. The zero-order valence-electron chi connectivity index (χ0n) is 7.51. The Bertz CT molecular complexity index is 322. The van der Waals surface area contributed by atoms with E-state index in [1.807, 2.05) is 12.1 Å². The highest BCUT2D eigenvalue weighted by atomic mass is 32.2. The lowest BCUT2D eigenvalue weighted by molar-refractivity contribution is 1.75. The summed E-state index contributed by atoms with van der Waals surface area (Å²) in [5.74, 6) is 3.19. The van der Waals surface area contributed by atoms with Gasteiger partial charge in [0.1, 0.15) is 8.07 Å². The molecule has 0 aliphatic carbocycles. The fraction of sp³-hybridized carbons (Fsp3) is 0.333. The summed E-state index contributed by atoms with van der Waals surface area (Å²) < 4.78 is 1.04. The molecule has 3 heteroatoms. The topological polar surface area (TPSA) is 0 Å². The van der Waals surface area contributed by atoms with E-state index in [0.29, 0.717) is 0 Å². The lowest BCUT2D eigenvalue weighted by atomic mass is 10.5. The minimum atomic E-state index is -1.21. The van der Waals surface area contributed by atoms with Gasteiger partial charge in [-0.1, -0.05) is 25.6 Å². The van der Waals surface area contributed by atoms with Gasteiger partial charge in [0.25, 0.3) is 0 Å². The van der Waals surface area contributed by atoms with Gasteiger partial charge < -0.3 is 0 Å². The molecule has 1 aromatic heterocycles. The zero-order chi connectivity index (χ0) is 9.19. The summed E-state index contributed by atoms with van der Waals surface area (Å²) >= 11 is 5.87. The molecule has 0 nitrogen and oxygen atoms in total. The van der Waals surface area contributed by atoms with Gasteiger partial charge >= 0.3 is 0 Å². The van der Waals surface area contributed by atoms with Gasteiger partial charge in [-0.2, -0.15) is 0 Å². The van der Waals surface area contributed by atoms with Crippen molar-refractivity contribution in [3.8, 4) is 11.5 Å². The van der Waals surface area contributed by atoms with E-state index in [4.69, 9.17) is 0 Å². The van der Waals surface area contributed by atoms with Gasteiger partial charge in [-0.15, -0.1) is 29.5 Å². The van der Waals surface area contributed by atoms with E-state index in [-0.39, 0.29) is 0 Å². The molecule has 0 N–H and O–H groups in total. The minimum Gasteiger partial charge on any atom is -0.133 e. The lowest BCUT2D eigenvalue weighted by Crippen LogP contribution is -2.16. The van der Waals surface area contributed by atoms with Crippen LogP contribution in [0.15, 0.2) is 16.3 Å². The predicted molar refractivity (Wildman–Crippen MR) is 61.8 cm³/mol. The minimum absolute atomic E-state index is 1.04. The number of thiophene rings is 1. The third kappa shape index (κ3) is 3.48. The molecule has 1 aromatic rings. The molecule has 0 aliphatic rings. The van der Waals surface area contributed by atoms with Crippen molar-refractivity contribution in [3.05, 3.63) is 17.0 Å². The van der Waals surface area contributed by atoms with Crippen LogP contribution in [-0.2, 0) is 0 Å². The molecular weight excluding hydrogens is 200 g/mol. The third-order valence-electron chi connectivity index (χ3n) is 1.15. The van der Waals surface area contributed by atoms with E-state index in [0.717, 1.165) is 9.09 Å². The first kappa shape index (κ1) is 9.91. The SMILES string of the molecule is C[Si](C)(C)C#Cc1ccc(S)s1. The van der Waals surface area contributed by atoms with Crippen LogP contribution in [0.1, 0.15) is 4.88 Å². The van der Waals surface area contributed by atoms with Crippen molar-refractivity contribution >= 4 is 32.0 Å². The molecule has 1 heterocycles. The van der Waals surface area contributed by atoms with E-state index >= 15 is 0 Å². The van der Waals surface area contributed by atoms with Crippen LogP contribution >= 0.6 is 24.0 Å². The Morgan fingerprint density at radius 1 is 1.33 bits per heavy atom. The fourth-order valence-electron chi connectivity index (χ4n) is 0.644. The molecule has 0 aliphatic heterocycles. The molecule has 0 radical (unpaired) electrons. The summed E-state index contributed by atoms with van der Waals surface area (Å²) in [5.41, 5.74) is 3.32. The summed E-state index contributed by atoms with van der Waals surface area (Å²) in [6.45, 7) is 6.74. The fourth-order valence-corrected chi connectivity index (χ4v) is 2.21. The van der Waals surface area contributed by atoms with Crippen molar-refractivity contribution in [2.45, 2.75) is 23.9 Å². The summed E-state index contributed by atoms with van der Waals surface area (Å²) in [4.78, 5) is 1.13. The Morgan fingerprint density at radius 3 is 2.42 bits per heavy atom. The molecule has 0 fully saturated rings. The highest BCUT2D eigenvalue weighted by Gasteiger charge is 2.07. The lowest BCUT2D eigenvalue weighted by Gasteiger charge is -2.02. The van der Waals surface area contributed by atoms with E-state index in [9.17, 15) is 0 Å². The van der Waals surface area contributed by atoms with Crippen LogP contribution in [0.4, 0.5) is 0 Å². The maximum absolute atomic E-state index is 4.23. The molecule has 1 rings (SSSR count). The molecule has 0 bridgehead atoms. The van der Waals surface area contributed by atoms with E-state index < -0.39 is 8.07 Å². The first-order valence-electron chi connectivity index (χ1n) is 3.79. The van der Waals surface area contributed by atoms with Gasteiger partial charge in [0.2, 0.25) is 0 Å². The Kier molecular flexibility index (Phi) is 3.05. The molecule has 0 atom stereocenters. The average molecular weight is 212 g/mol. The highest BCUT2D eigenvalue weighted by molar-refractivity contribution is 7.82.